The molecule has 0 radical (unpaired) electrons. The van der Waals surface area contributed by atoms with E-state index in [2.05, 4.69) is 50.9 Å². The molecule has 0 spiro atoms. The van der Waals surface area contributed by atoms with E-state index in [0.717, 1.165) is 16.3 Å². The third kappa shape index (κ3) is 5.30. The quantitative estimate of drug-likeness (QED) is 0.518. The Kier molecular flexibility index (Phi) is 6.18. The first-order valence-electron chi connectivity index (χ1n) is 9.70. The Hall–Kier alpha value is -2.53. The summed E-state index contributed by atoms with van der Waals surface area (Å²) in [5, 5.41) is 0.713. The zero-order chi connectivity index (χ0) is 21.2. The Balaban J connectivity index is 1.73. The molecular formula is C24H28N2O2S. The van der Waals surface area contributed by atoms with Crippen LogP contribution in [-0.2, 0) is 12.0 Å². The number of nitrogens with zero attached hydrogens (tertiary/aromatic N) is 2. The zero-order valence-corrected chi connectivity index (χ0v) is 18.8. The van der Waals surface area contributed by atoms with E-state index >= 15 is 0 Å². The molecule has 2 heterocycles. The van der Waals surface area contributed by atoms with Crippen LogP contribution in [0.2, 0.25) is 0 Å². The molecule has 0 bridgehead atoms. The number of benzene rings is 1. The van der Waals surface area contributed by atoms with Gasteiger partial charge in [-0.1, -0.05) is 50.7 Å². The van der Waals surface area contributed by atoms with E-state index in [4.69, 9.17) is 4.42 Å². The summed E-state index contributed by atoms with van der Waals surface area (Å²) in [6.45, 7) is 11.1. The topological polar surface area (TPSA) is 46.3 Å². The van der Waals surface area contributed by atoms with E-state index in [1.165, 1.54) is 11.1 Å². The molecule has 2 aromatic heterocycles. The minimum atomic E-state index is -0.152. The van der Waals surface area contributed by atoms with Gasteiger partial charge in [-0.05, 0) is 60.7 Å². The summed E-state index contributed by atoms with van der Waals surface area (Å²) in [5.74, 6) is 0.188. The van der Waals surface area contributed by atoms with Gasteiger partial charge >= 0.3 is 0 Å². The fourth-order valence-electron chi connectivity index (χ4n) is 2.97. The number of rotatable bonds is 5. The van der Waals surface area contributed by atoms with Crippen molar-refractivity contribution in [3.05, 3.63) is 76.8 Å². The first-order valence-corrected chi connectivity index (χ1v) is 10.5. The fourth-order valence-corrected chi connectivity index (χ4v) is 3.86. The van der Waals surface area contributed by atoms with E-state index in [1.807, 2.05) is 31.2 Å². The summed E-state index contributed by atoms with van der Waals surface area (Å²) in [5.41, 5.74) is 4.35. The maximum absolute atomic E-state index is 12.7. The lowest BCUT2D eigenvalue weighted by molar-refractivity contribution is 0.0746. The molecule has 0 aliphatic heterocycles. The minimum Gasteiger partial charge on any atom is -0.444 e. The molecule has 1 amide bonds. The monoisotopic (exact) mass is 408 g/mol. The molecule has 0 aliphatic rings. The lowest BCUT2D eigenvalue weighted by Gasteiger charge is -2.20. The van der Waals surface area contributed by atoms with Gasteiger partial charge in [0, 0.05) is 17.6 Å². The smallest absolute Gasteiger partial charge is 0.289 e. The average molecular weight is 409 g/mol. The third-order valence-electron chi connectivity index (χ3n) is 4.75. The maximum Gasteiger partial charge on any atom is 0.289 e. The molecule has 0 aliphatic carbocycles. The normalized spacial score (nSPS) is 11.5. The molecule has 3 aromatic rings. The summed E-state index contributed by atoms with van der Waals surface area (Å²) >= 11 is 1.55. The van der Waals surface area contributed by atoms with Crippen LogP contribution < -0.4 is 0 Å². The number of carbonyl (C=O) groups excluding carboxylic acids is 1. The number of carbonyl (C=O) groups is 1. The van der Waals surface area contributed by atoms with Crippen molar-refractivity contribution >= 4 is 17.7 Å². The van der Waals surface area contributed by atoms with E-state index in [-0.39, 0.29) is 11.3 Å². The summed E-state index contributed by atoms with van der Waals surface area (Å²) < 4.78 is 5.86. The van der Waals surface area contributed by atoms with Crippen LogP contribution in [0.1, 0.15) is 53.8 Å². The summed E-state index contributed by atoms with van der Waals surface area (Å²) in [7, 11) is 1.76. The van der Waals surface area contributed by atoms with Crippen LogP contribution in [0.15, 0.2) is 62.9 Å². The second kappa shape index (κ2) is 8.46. The van der Waals surface area contributed by atoms with Crippen molar-refractivity contribution in [1.82, 2.24) is 9.88 Å². The number of aromatic nitrogens is 1. The first kappa shape index (κ1) is 21.2. The molecule has 3 rings (SSSR count). The van der Waals surface area contributed by atoms with Crippen LogP contribution in [0.4, 0.5) is 0 Å². The van der Waals surface area contributed by atoms with Crippen molar-refractivity contribution < 1.29 is 9.21 Å². The number of furan rings is 1. The first-order chi connectivity index (χ1) is 13.6. The molecule has 0 atom stereocenters. The minimum absolute atomic E-state index is 0.0832. The highest BCUT2D eigenvalue weighted by atomic mass is 32.2. The summed E-state index contributed by atoms with van der Waals surface area (Å²) in [6, 6.07) is 15.9. The Morgan fingerprint density at radius 1 is 1.10 bits per heavy atom. The van der Waals surface area contributed by atoms with Gasteiger partial charge in [0.25, 0.3) is 5.91 Å². The molecule has 5 heteroatoms. The van der Waals surface area contributed by atoms with Gasteiger partial charge in [0.05, 0.1) is 12.2 Å². The van der Waals surface area contributed by atoms with Gasteiger partial charge in [-0.25, -0.2) is 0 Å². The SMILES string of the molecule is Cc1cccc(CN(C)C(=O)c2ccc(Sc3cc(C(C)(C)C)ccc3C)o2)n1. The third-order valence-corrected chi connectivity index (χ3v) is 5.83. The van der Waals surface area contributed by atoms with E-state index in [9.17, 15) is 4.79 Å². The summed E-state index contributed by atoms with van der Waals surface area (Å²) in [4.78, 5) is 20.0. The molecule has 0 saturated heterocycles. The Bertz CT molecular complexity index is 1020. The Labute approximate surface area is 177 Å². The maximum atomic E-state index is 12.7. The van der Waals surface area contributed by atoms with E-state index in [0.29, 0.717) is 17.4 Å². The molecule has 0 fully saturated rings. The van der Waals surface area contributed by atoms with Crippen molar-refractivity contribution in [1.29, 1.82) is 0 Å². The van der Waals surface area contributed by atoms with Crippen LogP contribution in [0.3, 0.4) is 0 Å². The average Bonchev–Trinajstić information content (AvgIpc) is 3.10. The van der Waals surface area contributed by atoms with Gasteiger partial charge in [-0.2, -0.15) is 0 Å². The van der Waals surface area contributed by atoms with Crippen molar-refractivity contribution in [3.8, 4) is 0 Å². The Morgan fingerprint density at radius 3 is 2.55 bits per heavy atom. The van der Waals surface area contributed by atoms with Crippen LogP contribution in [0.5, 0.6) is 0 Å². The molecule has 29 heavy (non-hydrogen) atoms. The second-order valence-corrected chi connectivity index (χ2v) is 9.43. The molecular weight excluding hydrogens is 380 g/mol. The molecule has 152 valence electrons. The Morgan fingerprint density at radius 2 is 1.86 bits per heavy atom. The van der Waals surface area contributed by atoms with E-state index < -0.39 is 0 Å². The van der Waals surface area contributed by atoms with Gasteiger partial charge in [0.1, 0.15) is 0 Å². The van der Waals surface area contributed by atoms with Crippen LogP contribution in [-0.4, -0.2) is 22.8 Å². The predicted octanol–water partition coefficient (Wildman–Crippen LogP) is 6.01. The van der Waals surface area contributed by atoms with Crippen molar-refractivity contribution in [2.75, 3.05) is 7.05 Å². The number of hydrogen-bond acceptors (Lipinski definition) is 4. The van der Waals surface area contributed by atoms with Gasteiger partial charge in [0.2, 0.25) is 0 Å². The largest absolute Gasteiger partial charge is 0.444 e. The lowest BCUT2D eigenvalue weighted by atomic mass is 9.87. The molecule has 1 aromatic carbocycles. The van der Waals surface area contributed by atoms with Gasteiger partial charge in [-0.3, -0.25) is 9.78 Å². The number of hydrogen-bond donors (Lipinski definition) is 0. The second-order valence-electron chi connectivity index (χ2n) is 8.38. The predicted molar refractivity (Wildman–Crippen MR) is 117 cm³/mol. The molecule has 0 saturated carbocycles. The molecule has 0 unspecified atom stereocenters. The number of pyridine rings is 1. The number of aryl methyl sites for hydroxylation is 2. The van der Waals surface area contributed by atoms with Crippen LogP contribution >= 0.6 is 11.8 Å². The van der Waals surface area contributed by atoms with E-state index in [1.54, 1.807) is 29.8 Å². The lowest BCUT2D eigenvalue weighted by Crippen LogP contribution is -2.26. The van der Waals surface area contributed by atoms with Gasteiger partial charge < -0.3 is 9.32 Å². The van der Waals surface area contributed by atoms with Crippen molar-refractivity contribution in [2.24, 2.45) is 0 Å². The number of amides is 1. The molecule has 0 N–H and O–H groups in total. The highest BCUT2D eigenvalue weighted by Crippen LogP contribution is 2.35. The van der Waals surface area contributed by atoms with Crippen molar-refractivity contribution in [2.45, 2.75) is 56.6 Å². The highest BCUT2D eigenvalue weighted by Gasteiger charge is 2.19. The van der Waals surface area contributed by atoms with Gasteiger partial charge in [-0.15, -0.1) is 0 Å². The highest BCUT2D eigenvalue weighted by molar-refractivity contribution is 7.99. The van der Waals surface area contributed by atoms with Crippen molar-refractivity contribution in [3.63, 3.8) is 0 Å². The van der Waals surface area contributed by atoms with Gasteiger partial charge in [0.15, 0.2) is 10.9 Å². The zero-order valence-electron chi connectivity index (χ0n) is 17.9. The standard InChI is InChI=1S/C24H28N2O2S/c1-16-10-11-18(24(3,4)5)14-21(16)29-22-13-12-20(28-22)23(27)26(6)15-19-9-7-8-17(2)25-19/h7-14H,15H2,1-6H3. The van der Waals surface area contributed by atoms with Crippen LogP contribution in [0, 0.1) is 13.8 Å². The van der Waals surface area contributed by atoms with Crippen LogP contribution in [0.25, 0.3) is 0 Å². The molecule has 4 nitrogen and oxygen atoms in total. The summed E-state index contributed by atoms with van der Waals surface area (Å²) in [6.07, 6.45) is 0. The fraction of sp³-hybridized carbons (Fsp3) is 0.333.